The average molecular weight is 220 g/mol. The number of hydrogen-bond acceptors (Lipinski definition) is 4. The molecule has 0 spiro atoms. The van der Waals surface area contributed by atoms with Gasteiger partial charge >= 0.3 is 0 Å². The number of hydrogen-bond donors (Lipinski definition) is 2. The van der Waals surface area contributed by atoms with E-state index in [1.165, 1.54) is 32.1 Å². The Kier molecular flexibility index (Phi) is 3.72. The Hall–Kier alpha value is -1.16. The van der Waals surface area contributed by atoms with Gasteiger partial charge in [-0.2, -0.15) is 0 Å². The van der Waals surface area contributed by atoms with E-state index < -0.39 is 0 Å². The zero-order valence-corrected chi connectivity index (χ0v) is 9.82. The average Bonchev–Trinajstić information content (AvgIpc) is 2.39. The summed E-state index contributed by atoms with van der Waals surface area (Å²) >= 11 is 0. The van der Waals surface area contributed by atoms with Crippen LogP contribution in [-0.4, -0.2) is 9.97 Å². The molecule has 0 amide bonds. The molecule has 1 aliphatic carbocycles. The third kappa shape index (κ3) is 2.50. The van der Waals surface area contributed by atoms with Gasteiger partial charge in [-0.15, -0.1) is 0 Å². The smallest absolute Gasteiger partial charge is 0.143 e. The Labute approximate surface area is 96.6 Å². The highest BCUT2D eigenvalue weighted by molar-refractivity contribution is 5.31. The summed E-state index contributed by atoms with van der Waals surface area (Å²) in [6.45, 7) is 2.27. The molecular formula is C12H20N4. The van der Waals surface area contributed by atoms with E-state index >= 15 is 0 Å². The first-order valence-corrected chi connectivity index (χ1v) is 6.13. The third-order valence-corrected chi connectivity index (χ3v) is 3.55. The van der Waals surface area contributed by atoms with Crippen molar-refractivity contribution in [2.75, 3.05) is 5.43 Å². The van der Waals surface area contributed by atoms with Crippen molar-refractivity contribution in [1.29, 1.82) is 0 Å². The molecule has 1 aliphatic rings. The first kappa shape index (κ1) is 11.3. The number of nitrogen functional groups attached to an aromatic ring is 1. The monoisotopic (exact) mass is 220 g/mol. The minimum Gasteiger partial charge on any atom is -0.308 e. The minimum absolute atomic E-state index is 0.520. The van der Waals surface area contributed by atoms with Crippen LogP contribution in [0.2, 0.25) is 0 Å². The summed E-state index contributed by atoms with van der Waals surface area (Å²) in [4.78, 5) is 8.81. The first-order chi connectivity index (χ1) is 7.83. The SMILES string of the molecule is CCC1CCCC(c2nccc(NN)n2)C1. The predicted molar refractivity (Wildman–Crippen MR) is 64.8 cm³/mol. The Bertz CT molecular complexity index is 340. The highest BCUT2D eigenvalue weighted by Crippen LogP contribution is 2.36. The van der Waals surface area contributed by atoms with Crippen LogP contribution in [0.1, 0.15) is 50.8 Å². The fourth-order valence-electron chi connectivity index (χ4n) is 2.55. The largest absolute Gasteiger partial charge is 0.308 e. The van der Waals surface area contributed by atoms with Crippen LogP contribution in [0.25, 0.3) is 0 Å². The molecule has 0 aromatic carbocycles. The number of hydrazine groups is 1. The van der Waals surface area contributed by atoms with Gasteiger partial charge in [0.05, 0.1) is 0 Å². The molecule has 0 saturated heterocycles. The number of anilines is 1. The van der Waals surface area contributed by atoms with Gasteiger partial charge < -0.3 is 5.43 Å². The second-order valence-electron chi connectivity index (χ2n) is 4.58. The lowest BCUT2D eigenvalue weighted by molar-refractivity contribution is 0.307. The van der Waals surface area contributed by atoms with E-state index in [-0.39, 0.29) is 0 Å². The first-order valence-electron chi connectivity index (χ1n) is 6.13. The molecule has 16 heavy (non-hydrogen) atoms. The second-order valence-corrected chi connectivity index (χ2v) is 4.58. The van der Waals surface area contributed by atoms with Gasteiger partial charge in [0.15, 0.2) is 0 Å². The summed E-state index contributed by atoms with van der Waals surface area (Å²) in [7, 11) is 0. The molecule has 1 heterocycles. The fourth-order valence-corrected chi connectivity index (χ4v) is 2.55. The summed E-state index contributed by atoms with van der Waals surface area (Å²) in [6.07, 6.45) is 8.15. The van der Waals surface area contributed by atoms with E-state index in [1.807, 2.05) is 0 Å². The normalized spacial score (nSPS) is 25.4. The minimum atomic E-state index is 0.520. The molecule has 1 aromatic heterocycles. The molecule has 2 atom stereocenters. The second kappa shape index (κ2) is 5.25. The maximum Gasteiger partial charge on any atom is 0.143 e. The van der Waals surface area contributed by atoms with Crippen molar-refractivity contribution in [2.24, 2.45) is 11.8 Å². The van der Waals surface area contributed by atoms with Crippen molar-refractivity contribution < 1.29 is 0 Å². The van der Waals surface area contributed by atoms with Crippen LogP contribution in [0.5, 0.6) is 0 Å². The lowest BCUT2D eigenvalue weighted by Gasteiger charge is -2.27. The highest BCUT2D eigenvalue weighted by atomic mass is 15.3. The van der Waals surface area contributed by atoms with Gasteiger partial charge in [0, 0.05) is 18.2 Å². The standard InChI is InChI=1S/C12H20N4/c1-2-9-4-3-5-10(8-9)12-14-7-6-11(15-12)16-13/h6-7,9-10H,2-5,8,13H2,1H3,(H,14,15,16). The van der Waals surface area contributed by atoms with Gasteiger partial charge in [0.25, 0.3) is 0 Å². The van der Waals surface area contributed by atoms with E-state index in [1.54, 1.807) is 12.3 Å². The molecule has 1 fully saturated rings. The Morgan fingerprint density at radius 1 is 1.50 bits per heavy atom. The molecule has 2 rings (SSSR count). The Balaban J connectivity index is 2.10. The van der Waals surface area contributed by atoms with Crippen LogP contribution in [0.3, 0.4) is 0 Å². The van der Waals surface area contributed by atoms with E-state index in [9.17, 15) is 0 Å². The number of nitrogens with zero attached hydrogens (tertiary/aromatic N) is 2. The van der Waals surface area contributed by atoms with Crippen LogP contribution >= 0.6 is 0 Å². The lowest BCUT2D eigenvalue weighted by Crippen LogP contribution is -2.17. The van der Waals surface area contributed by atoms with Crippen molar-refractivity contribution in [3.05, 3.63) is 18.1 Å². The molecule has 2 unspecified atom stereocenters. The summed E-state index contributed by atoms with van der Waals surface area (Å²) in [6, 6.07) is 1.80. The number of rotatable bonds is 3. The van der Waals surface area contributed by atoms with Gasteiger partial charge in [0.1, 0.15) is 11.6 Å². The summed E-state index contributed by atoms with van der Waals surface area (Å²) in [5, 5.41) is 0. The number of nitrogens with one attached hydrogen (secondary N) is 1. The fraction of sp³-hybridized carbons (Fsp3) is 0.667. The summed E-state index contributed by atoms with van der Waals surface area (Å²) in [5.41, 5.74) is 2.58. The molecule has 0 bridgehead atoms. The van der Waals surface area contributed by atoms with Crippen molar-refractivity contribution in [2.45, 2.75) is 44.9 Å². The molecule has 3 N–H and O–H groups in total. The van der Waals surface area contributed by atoms with E-state index in [0.29, 0.717) is 11.7 Å². The zero-order valence-electron chi connectivity index (χ0n) is 9.82. The number of nitrogens with two attached hydrogens (primary N) is 1. The molecule has 1 saturated carbocycles. The van der Waals surface area contributed by atoms with Gasteiger partial charge in [-0.05, 0) is 18.8 Å². The molecule has 1 aromatic rings. The highest BCUT2D eigenvalue weighted by Gasteiger charge is 2.24. The maximum absolute atomic E-state index is 5.36. The van der Waals surface area contributed by atoms with Crippen LogP contribution in [0.4, 0.5) is 5.82 Å². The zero-order chi connectivity index (χ0) is 11.4. The molecule has 0 radical (unpaired) electrons. The summed E-state index contributed by atoms with van der Waals surface area (Å²) in [5.74, 6) is 8.39. The van der Waals surface area contributed by atoms with Crippen molar-refractivity contribution >= 4 is 5.82 Å². The predicted octanol–water partition coefficient (Wildman–Crippen LogP) is 2.45. The molecular weight excluding hydrogens is 200 g/mol. The van der Waals surface area contributed by atoms with E-state index in [0.717, 1.165) is 11.7 Å². The van der Waals surface area contributed by atoms with Gasteiger partial charge in [0.2, 0.25) is 0 Å². The molecule has 4 nitrogen and oxygen atoms in total. The van der Waals surface area contributed by atoms with Gasteiger partial charge in [-0.1, -0.05) is 26.2 Å². The number of aromatic nitrogens is 2. The summed E-state index contributed by atoms with van der Waals surface area (Å²) < 4.78 is 0. The van der Waals surface area contributed by atoms with E-state index in [4.69, 9.17) is 5.84 Å². The maximum atomic E-state index is 5.36. The van der Waals surface area contributed by atoms with Gasteiger partial charge in [-0.3, -0.25) is 0 Å². The third-order valence-electron chi connectivity index (χ3n) is 3.55. The topological polar surface area (TPSA) is 63.8 Å². The van der Waals surface area contributed by atoms with Crippen LogP contribution in [-0.2, 0) is 0 Å². The van der Waals surface area contributed by atoms with Crippen molar-refractivity contribution in [3.63, 3.8) is 0 Å². The molecule has 4 heteroatoms. The quantitative estimate of drug-likeness (QED) is 0.606. The van der Waals surface area contributed by atoms with Crippen LogP contribution in [0, 0.1) is 5.92 Å². The molecule has 0 aliphatic heterocycles. The van der Waals surface area contributed by atoms with Crippen LogP contribution in [0.15, 0.2) is 12.3 Å². The lowest BCUT2D eigenvalue weighted by atomic mass is 9.80. The van der Waals surface area contributed by atoms with E-state index in [2.05, 4.69) is 22.3 Å². The van der Waals surface area contributed by atoms with Crippen molar-refractivity contribution in [3.8, 4) is 0 Å². The van der Waals surface area contributed by atoms with Gasteiger partial charge in [-0.25, -0.2) is 15.8 Å². The Morgan fingerprint density at radius 2 is 2.38 bits per heavy atom. The van der Waals surface area contributed by atoms with Crippen molar-refractivity contribution in [1.82, 2.24) is 9.97 Å². The Morgan fingerprint density at radius 3 is 3.12 bits per heavy atom. The molecule has 88 valence electrons. The van der Waals surface area contributed by atoms with Crippen LogP contribution < -0.4 is 11.3 Å².